The van der Waals surface area contributed by atoms with Crippen molar-refractivity contribution in [2.45, 2.75) is 51.0 Å². The number of nitrogens with zero attached hydrogens (tertiary/aromatic N) is 3. The highest BCUT2D eigenvalue weighted by Gasteiger charge is 2.41. The van der Waals surface area contributed by atoms with Gasteiger partial charge in [-0.3, -0.25) is 4.79 Å². The summed E-state index contributed by atoms with van der Waals surface area (Å²) in [5.74, 6) is 4.30. The topological polar surface area (TPSA) is 57.2 Å². The lowest BCUT2D eigenvalue weighted by Gasteiger charge is -2.31. The third-order valence-electron chi connectivity index (χ3n) is 7.37. The van der Waals surface area contributed by atoms with E-state index in [1.54, 1.807) is 19.0 Å². The number of likely N-dealkylation sites (N-methyl/N-ethyl adjacent to an activating group) is 1. The number of fused-ring (bicyclic) bond motifs is 2. The first-order chi connectivity index (χ1) is 13.1. The van der Waals surface area contributed by atoms with Crippen LogP contribution in [0, 0.1) is 23.7 Å². The lowest BCUT2D eigenvalue weighted by atomic mass is 9.85. The predicted molar refractivity (Wildman–Crippen MR) is 122 cm³/mol. The fourth-order valence-corrected chi connectivity index (χ4v) is 5.66. The van der Waals surface area contributed by atoms with Crippen molar-refractivity contribution in [1.29, 1.82) is 0 Å². The molecule has 4 aliphatic rings. The molecule has 0 aromatic carbocycles. The number of amides is 1. The molecule has 2 saturated heterocycles. The van der Waals surface area contributed by atoms with Gasteiger partial charge in [0.25, 0.3) is 0 Å². The van der Waals surface area contributed by atoms with Gasteiger partial charge in [-0.2, -0.15) is 0 Å². The van der Waals surface area contributed by atoms with Crippen LogP contribution in [0.25, 0.3) is 0 Å². The van der Waals surface area contributed by atoms with Crippen LogP contribution in [-0.4, -0.2) is 74.7 Å². The zero-order valence-electron chi connectivity index (χ0n) is 17.4. The Kier molecular flexibility index (Phi) is 7.87. The Balaban J connectivity index is 0.00000225. The van der Waals surface area contributed by atoms with E-state index < -0.39 is 0 Å². The molecule has 4 atom stereocenters. The number of rotatable bonds is 4. The molecule has 2 bridgehead atoms. The van der Waals surface area contributed by atoms with Crippen molar-refractivity contribution in [3.63, 3.8) is 0 Å². The first-order valence-corrected chi connectivity index (χ1v) is 10.9. The Labute approximate surface area is 186 Å². The highest BCUT2D eigenvalue weighted by molar-refractivity contribution is 14.0. The average Bonchev–Trinajstić information content (AvgIpc) is 3.42. The van der Waals surface area contributed by atoms with Gasteiger partial charge < -0.3 is 19.9 Å². The van der Waals surface area contributed by atoms with Crippen molar-refractivity contribution in [1.82, 2.24) is 15.1 Å². The van der Waals surface area contributed by atoms with Crippen molar-refractivity contribution >= 4 is 35.8 Å². The molecule has 1 amide bonds. The minimum absolute atomic E-state index is 0. The summed E-state index contributed by atoms with van der Waals surface area (Å²) in [7, 11) is 3.61. The van der Waals surface area contributed by atoms with E-state index in [0.717, 1.165) is 55.9 Å². The normalized spacial score (nSPS) is 33.1. The quantitative estimate of drug-likeness (QED) is 0.364. The van der Waals surface area contributed by atoms with Gasteiger partial charge in [-0.25, -0.2) is 4.99 Å². The molecule has 2 aliphatic heterocycles. The maximum absolute atomic E-state index is 12.1. The Hall–Kier alpha value is -0.570. The fraction of sp³-hybridized carbons (Fsp3) is 0.905. The summed E-state index contributed by atoms with van der Waals surface area (Å²) >= 11 is 0. The largest absolute Gasteiger partial charge is 0.381 e. The second-order valence-corrected chi connectivity index (χ2v) is 9.30. The molecule has 2 saturated carbocycles. The molecular formula is C21H37IN4O2. The van der Waals surface area contributed by atoms with Crippen LogP contribution < -0.4 is 5.32 Å². The van der Waals surface area contributed by atoms with Gasteiger partial charge in [0, 0.05) is 46.4 Å². The number of hydrogen-bond donors (Lipinski definition) is 1. The van der Waals surface area contributed by atoms with Gasteiger partial charge in [0.05, 0.1) is 0 Å². The second-order valence-electron chi connectivity index (χ2n) is 9.30. The molecule has 0 aromatic rings. The van der Waals surface area contributed by atoms with E-state index in [2.05, 4.69) is 10.2 Å². The van der Waals surface area contributed by atoms with Gasteiger partial charge in [0.1, 0.15) is 6.54 Å². The van der Waals surface area contributed by atoms with Crippen LogP contribution >= 0.6 is 24.0 Å². The summed E-state index contributed by atoms with van der Waals surface area (Å²) in [5.41, 5.74) is 0. The molecule has 0 aromatic heterocycles. The standard InChI is InChI=1S/C21H36N4O2.HI/c1-24(2)20(26)13-22-21(23-19-12-15-3-4-17(19)11-15)25-8-5-18(14-25)16-6-9-27-10-7-16;/h15-19H,3-14H2,1-2H3,(H,22,23);1H. The Bertz CT molecular complexity index is 565. The first kappa shape index (κ1) is 22.1. The number of ether oxygens (including phenoxy) is 1. The fourth-order valence-electron chi connectivity index (χ4n) is 5.66. The monoisotopic (exact) mass is 504 g/mol. The average molecular weight is 504 g/mol. The minimum Gasteiger partial charge on any atom is -0.381 e. The molecule has 2 heterocycles. The number of carbonyl (C=O) groups is 1. The third kappa shape index (κ3) is 5.12. The highest BCUT2D eigenvalue weighted by atomic mass is 127. The van der Waals surface area contributed by atoms with Crippen molar-refractivity contribution in [2.24, 2.45) is 28.7 Å². The molecule has 2 aliphatic carbocycles. The SMILES string of the molecule is CN(C)C(=O)CN=C(NC1CC2CCC1C2)N1CCC(C2CCOCC2)C1.I. The van der Waals surface area contributed by atoms with Crippen LogP contribution in [0.5, 0.6) is 0 Å². The number of nitrogens with one attached hydrogen (secondary N) is 1. The summed E-state index contributed by atoms with van der Waals surface area (Å²) in [6.07, 6.45) is 9.06. The number of likely N-dealkylation sites (tertiary alicyclic amines) is 1. The van der Waals surface area contributed by atoms with Crippen LogP contribution in [0.4, 0.5) is 0 Å². The summed E-state index contributed by atoms with van der Waals surface area (Å²) in [6.45, 7) is 4.22. The smallest absolute Gasteiger partial charge is 0.243 e. The summed E-state index contributed by atoms with van der Waals surface area (Å²) in [5, 5.41) is 3.79. The van der Waals surface area contributed by atoms with Crippen LogP contribution in [0.3, 0.4) is 0 Å². The number of guanidine groups is 1. The first-order valence-electron chi connectivity index (χ1n) is 10.9. The van der Waals surface area contributed by atoms with Crippen LogP contribution in [-0.2, 0) is 9.53 Å². The van der Waals surface area contributed by atoms with Crippen LogP contribution in [0.1, 0.15) is 44.9 Å². The molecule has 4 fully saturated rings. The van der Waals surface area contributed by atoms with Crippen molar-refractivity contribution < 1.29 is 9.53 Å². The predicted octanol–water partition coefficient (Wildman–Crippen LogP) is 2.58. The molecular weight excluding hydrogens is 467 g/mol. The van der Waals surface area contributed by atoms with Gasteiger partial charge in [-0.15, -0.1) is 24.0 Å². The van der Waals surface area contributed by atoms with E-state index in [1.807, 2.05) is 0 Å². The van der Waals surface area contributed by atoms with Crippen molar-refractivity contribution in [3.05, 3.63) is 0 Å². The number of carbonyl (C=O) groups excluding carboxylic acids is 1. The molecule has 7 heteroatoms. The molecule has 1 N–H and O–H groups in total. The van der Waals surface area contributed by atoms with Gasteiger partial charge in [-0.1, -0.05) is 6.42 Å². The molecule has 4 rings (SSSR count). The molecule has 4 unspecified atom stereocenters. The van der Waals surface area contributed by atoms with Gasteiger partial charge in [0.15, 0.2) is 5.96 Å². The van der Waals surface area contributed by atoms with E-state index in [-0.39, 0.29) is 36.4 Å². The van der Waals surface area contributed by atoms with E-state index >= 15 is 0 Å². The zero-order chi connectivity index (χ0) is 18.8. The lowest BCUT2D eigenvalue weighted by molar-refractivity contribution is -0.127. The number of halogens is 1. The number of hydrogen-bond acceptors (Lipinski definition) is 3. The summed E-state index contributed by atoms with van der Waals surface area (Å²) in [4.78, 5) is 20.9. The lowest BCUT2D eigenvalue weighted by Crippen LogP contribution is -2.47. The van der Waals surface area contributed by atoms with Gasteiger partial charge in [0.2, 0.25) is 5.91 Å². The minimum atomic E-state index is 0. The van der Waals surface area contributed by atoms with Crippen molar-refractivity contribution in [3.8, 4) is 0 Å². The van der Waals surface area contributed by atoms with E-state index in [0.29, 0.717) is 6.04 Å². The second kappa shape index (κ2) is 9.96. The maximum Gasteiger partial charge on any atom is 0.243 e. The van der Waals surface area contributed by atoms with E-state index in [9.17, 15) is 4.79 Å². The molecule has 28 heavy (non-hydrogen) atoms. The summed E-state index contributed by atoms with van der Waals surface area (Å²) in [6, 6.07) is 0.555. The Morgan fingerprint density at radius 2 is 1.86 bits per heavy atom. The Morgan fingerprint density at radius 1 is 1.07 bits per heavy atom. The number of aliphatic imine (C=N–C) groups is 1. The van der Waals surface area contributed by atoms with Gasteiger partial charge >= 0.3 is 0 Å². The molecule has 0 radical (unpaired) electrons. The third-order valence-corrected chi connectivity index (χ3v) is 7.37. The van der Waals surface area contributed by atoms with Crippen LogP contribution in [0.2, 0.25) is 0 Å². The van der Waals surface area contributed by atoms with E-state index in [4.69, 9.17) is 9.73 Å². The maximum atomic E-state index is 12.1. The van der Waals surface area contributed by atoms with Crippen LogP contribution in [0.15, 0.2) is 4.99 Å². The van der Waals surface area contributed by atoms with Crippen molar-refractivity contribution in [2.75, 3.05) is 46.9 Å². The molecule has 160 valence electrons. The Morgan fingerprint density at radius 3 is 2.50 bits per heavy atom. The molecule has 6 nitrogen and oxygen atoms in total. The van der Waals surface area contributed by atoms with Gasteiger partial charge in [-0.05, 0) is 62.2 Å². The zero-order valence-corrected chi connectivity index (χ0v) is 19.8. The van der Waals surface area contributed by atoms with E-state index in [1.165, 1.54) is 44.9 Å². The molecule has 0 spiro atoms. The summed E-state index contributed by atoms with van der Waals surface area (Å²) < 4.78 is 5.55. The highest BCUT2D eigenvalue weighted by Crippen LogP contribution is 2.44.